The molecule has 0 aromatic rings. The van der Waals surface area contributed by atoms with E-state index in [0.29, 0.717) is 0 Å². The van der Waals surface area contributed by atoms with Crippen molar-refractivity contribution in [3.63, 3.8) is 0 Å². The van der Waals surface area contributed by atoms with Gasteiger partial charge in [0.1, 0.15) is 0 Å². The van der Waals surface area contributed by atoms with Crippen molar-refractivity contribution >= 4 is 36.6 Å². The summed E-state index contributed by atoms with van der Waals surface area (Å²) >= 11 is 8.10. The zero-order chi connectivity index (χ0) is 8.41. The number of rotatable bonds is 0. The van der Waals surface area contributed by atoms with Crippen LogP contribution in [0.15, 0.2) is 0 Å². The van der Waals surface area contributed by atoms with E-state index in [2.05, 4.69) is 23.6 Å². The highest BCUT2D eigenvalue weighted by molar-refractivity contribution is 8.13. The molecule has 10 heavy (non-hydrogen) atoms. The van der Waals surface area contributed by atoms with Crippen LogP contribution in [0.2, 0.25) is 0 Å². The van der Waals surface area contributed by atoms with Gasteiger partial charge in [0.15, 0.2) is 0 Å². The second kappa shape index (κ2) is 3.40. The van der Waals surface area contributed by atoms with Crippen LogP contribution in [0.25, 0.3) is 0 Å². The van der Waals surface area contributed by atoms with E-state index in [1.54, 1.807) is 11.3 Å². The number of hydrogen-bond donors (Lipinski definition) is 4. The second-order valence-electron chi connectivity index (χ2n) is 1.31. The maximum absolute atomic E-state index is 8.44. The van der Waals surface area contributed by atoms with Crippen LogP contribution >= 0.6 is 13.0 Å². The van der Waals surface area contributed by atoms with Crippen LogP contribution in [0.3, 0.4) is 0 Å². The summed E-state index contributed by atoms with van der Waals surface area (Å²) in [6.07, 6.45) is 0. The molecule has 0 aliphatic carbocycles. The third-order valence-electron chi connectivity index (χ3n) is 0.341. The molecule has 0 rings (SSSR count). The summed E-state index contributed by atoms with van der Waals surface area (Å²) < 4.78 is 0. The first-order valence-electron chi connectivity index (χ1n) is 1.86. The third-order valence-corrected chi connectivity index (χ3v) is 1.87. The fourth-order valence-corrected chi connectivity index (χ4v) is 1.91. The average molecular weight is 218 g/mol. The van der Waals surface area contributed by atoms with Crippen LogP contribution in [0.4, 0.5) is 0 Å². The standard InChI is InChI=1S/C2H4O4P2S2/c3-7(4,9)1-2-8(5,6)10/h(H2,3,4,9)(H2,5,6,10). The quantitative estimate of drug-likeness (QED) is 0.324. The van der Waals surface area contributed by atoms with Crippen molar-refractivity contribution in [2.45, 2.75) is 0 Å². The minimum Gasteiger partial charge on any atom is -0.336 e. The Morgan fingerprint density at radius 1 is 0.800 bits per heavy atom. The van der Waals surface area contributed by atoms with Gasteiger partial charge in [-0.3, -0.25) is 0 Å². The fourth-order valence-electron chi connectivity index (χ4n) is 0.130. The first kappa shape index (κ1) is 10.7. The molecule has 4 N–H and O–H groups in total. The molecule has 0 heterocycles. The van der Waals surface area contributed by atoms with E-state index in [0.717, 1.165) is 0 Å². The molecule has 0 aromatic heterocycles. The normalized spacial score (nSPS) is 12.0. The van der Waals surface area contributed by atoms with Gasteiger partial charge in [-0.05, 0) is 34.9 Å². The van der Waals surface area contributed by atoms with Crippen LogP contribution in [0.1, 0.15) is 0 Å². The van der Waals surface area contributed by atoms with Gasteiger partial charge in [-0.25, -0.2) is 0 Å². The Kier molecular flexibility index (Phi) is 3.64. The van der Waals surface area contributed by atoms with Crippen molar-refractivity contribution in [2.24, 2.45) is 0 Å². The van der Waals surface area contributed by atoms with Crippen LogP contribution in [-0.2, 0) is 23.6 Å². The maximum atomic E-state index is 8.44. The second-order valence-corrected chi connectivity index (χ2v) is 6.99. The molecule has 0 aliphatic rings. The largest absolute Gasteiger partial charge is 0.336 e. The summed E-state index contributed by atoms with van der Waals surface area (Å²) in [5.41, 5.74) is 3.39. The Bertz CT molecular complexity index is 237. The van der Waals surface area contributed by atoms with Gasteiger partial charge in [-0.2, -0.15) is 0 Å². The molecule has 0 aromatic carbocycles. The summed E-state index contributed by atoms with van der Waals surface area (Å²) in [5, 5.41) is 0. The van der Waals surface area contributed by atoms with Crippen molar-refractivity contribution in [2.75, 3.05) is 0 Å². The van der Waals surface area contributed by atoms with E-state index in [4.69, 9.17) is 19.6 Å². The Morgan fingerprint density at radius 3 is 1.10 bits per heavy atom. The van der Waals surface area contributed by atoms with E-state index in [-0.39, 0.29) is 0 Å². The lowest BCUT2D eigenvalue weighted by molar-refractivity contribution is 0.490. The molecule has 0 aliphatic heterocycles. The highest BCUT2D eigenvalue weighted by Gasteiger charge is 2.04. The lowest BCUT2D eigenvalue weighted by atomic mass is 11.4. The molecule has 0 bridgehead atoms. The van der Waals surface area contributed by atoms with Gasteiger partial charge in [0.25, 0.3) is 13.0 Å². The van der Waals surface area contributed by atoms with Gasteiger partial charge in [0.2, 0.25) is 0 Å². The minimum absolute atomic E-state index is 1.69. The minimum atomic E-state index is -3.65. The van der Waals surface area contributed by atoms with Crippen LogP contribution < -0.4 is 0 Å². The molecule has 0 spiro atoms. The van der Waals surface area contributed by atoms with E-state index >= 15 is 0 Å². The third kappa shape index (κ3) is 8.70. The van der Waals surface area contributed by atoms with Crippen molar-refractivity contribution in [3.8, 4) is 11.3 Å². The zero-order valence-corrected chi connectivity index (χ0v) is 7.92. The lowest BCUT2D eigenvalue weighted by Crippen LogP contribution is -1.71. The van der Waals surface area contributed by atoms with Gasteiger partial charge in [-0.15, -0.1) is 0 Å². The highest BCUT2D eigenvalue weighted by Crippen LogP contribution is 2.38. The van der Waals surface area contributed by atoms with Crippen LogP contribution in [0.5, 0.6) is 0 Å². The maximum Gasteiger partial charge on any atom is 0.259 e. The summed E-state index contributed by atoms with van der Waals surface area (Å²) in [7, 11) is 0. The molecule has 0 unspecified atom stereocenters. The fraction of sp³-hybridized carbons (Fsp3) is 0. The van der Waals surface area contributed by atoms with Gasteiger partial charge >= 0.3 is 0 Å². The Morgan fingerprint density at radius 2 is 1.00 bits per heavy atom. The van der Waals surface area contributed by atoms with Crippen molar-refractivity contribution < 1.29 is 19.6 Å². The molecule has 0 saturated carbocycles. The molecule has 0 radical (unpaired) electrons. The van der Waals surface area contributed by atoms with E-state index in [1.807, 2.05) is 0 Å². The molecule has 8 heteroatoms. The molecule has 0 amide bonds. The van der Waals surface area contributed by atoms with Crippen molar-refractivity contribution in [1.29, 1.82) is 0 Å². The van der Waals surface area contributed by atoms with Gasteiger partial charge in [-0.1, -0.05) is 0 Å². The monoisotopic (exact) mass is 218 g/mol. The van der Waals surface area contributed by atoms with Gasteiger partial charge in [0, 0.05) is 0 Å². The van der Waals surface area contributed by atoms with Crippen molar-refractivity contribution in [1.82, 2.24) is 0 Å². The summed E-state index contributed by atoms with van der Waals surface area (Å²) in [5.74, 6) is 0. The predicted molar refractivity (Wildman–Crippen MR) is 45.2 cm³/mol. The predicted octanol–water partition coefficient (Wildman–Crippen LogP) is -0.507. The van der Waals surface area contributed by atoms with E-state index in [9.17, 15) is 0 Å². The highest BCUT2D eigenvalue weighted by atomic mass is 32.5. The molecular formula is C2H4O4P2S2. The Balaban J connectivity index is 4.51. The van der Waals surface area contributed by atoms with Crippen molar-refractivity contribution in [3.05, 3.63) is 0 Å². The molecule has 0 atom stereocenters. The topological polar surface area (TPSA) is 80.9 Å². The smallest absolute Gasteiger partial charge is 0.259 e. The molecule has 58 valence electrons. The number of hydrogen-bond acceptors (Lipinski definition) is 2. The van der Waals surface area contributed by atoms with Crippen LogP contribution in [0, 0.1) is 11.3 Å². The Hall–Kier alpha value is 0.700. The van der Waals surface area contributed by atoms with E-state index in [1.165, 1.54) is 0 Å². The molecule has 0 saturated heterocycles. The summed E-state index contributed by atoms with van der Waals surface area (Å²) in [6, 6.07) is 0. The first-order valence-corrected chi connectivity index (χ1v) is 7.28. The first-order chi connectivity index (χ1) is 4.21. The summed E-state index contributed by atoms with van der Waals surface area (Å²) in [4.78, 5) is 33.8. The molecule has 4 nitrogen and oxygen atoms in total. The van der Waals surface area contributed by atoms with Crippen LogP contribution in [-0.4, -0.2) is 19.6 Å². The van der Waals surface area contributed by atoms with E-state index < -0.39 is 13.0 Å². The molecular weight excluding hydrogens is 214 g/mol. The average Bonchev–Trinajstić information content (AvgIpc) is 1.57. The zero-order valence-electron chi connectivity index (χ0n) is 4.50. The lowest BCUT2D eigenvalue weighted by Gasteiger charge is -1.96. The Labute approximate surface area is 67.9 Å². The molecule has 0 fully saturated rings. The van der Waals surface area contributed by atoms with Gasteiger partial charge in [0.05, 0.1) is 0 Å². The van der Waals surface area contributed by atoms with Gasteiger partial charge < -0.3 is 19.6 Å². The summed E-state index contributed by atoms with van der Waals surface area (Å²) in [6.45, 7) is -7.30. The SMILES string of the molecule is OP(O)(=S)C#CP(O)(O)=S.